The van der Waals surface area contributed by atoms with Gasteiger partial charge in [0, 0.05) is 13.0 Å². The molecule has 0 atom stereocenters. The molecule has 2 nitrogen and oxygen atoms in total. The van der Waals surface area contributed by atoms with Gasteiger partial charge >= 0.3 is 0 Å². The van der Waals surface area contributed by atoms with E-state index in [0.717, 1.165) is 0 Å². The van der Waals surface area contributed by atoms with Gasteiger partial charge in [0.2, 0.25) is 0 Å². The number of carbonyl (C=O) groups excluding carboxylic acids is 1. The van der Waals surface area contributed by atoms with Gasteiger partial charge in [0.25, 0.3) is 0 Å². The molecular weight excluding hydrogens is 102 g/mol. The van der Waals surface area contributed by atoms with Crippen molar-refractivity contribution in [2.75, 3.05) is 0 Å². The predicted octanol–water partition coefficient (Wildman–Crippen LogP) is 1.05. The molecule has 0 unspecified atom stereocenters. The van der Waals surface area contributed by atoms with E-state index in [-0.39, 0.29) is 11.8 Å². The lowest BCUT2D eigenvalue weighted by atomic mass is 10.4. The largest absolute Gasteiger partial charge is 0.293 e. The lowest BCUT2D eigenvalue weighted by molar-refractivity contribution is -0.110. The molecule has 0 spiro atoms. The monoisotopic (exact) mass is 113 g/mol. The second-order valence-electron chi connectivity index (χ2n) is 1.98. The minimum absolute atomic E-state index is 0.0127. The molecule has 0 aliphatic heterocycles. The summed E-state index contributed by atoms with van der Waals surface area (Å²) in [5, 5.41) is 0. The maximum Gasteiger partial charge on any atom is 0.170 e. The Morgan fingerprint density at radius 3 is 2.25 bits per heavy atom. The van der Waals surface area contributed by atoms with E-state index >= 15 is 0 Å². The first kappa shape index (κ1) is 7.34. The maximum atomic E-state index is 10.2. The SMILES string of the molecule is CC(=O)/C=N/C(C)C. The van der Waals surface area contributed by atoms with Crippen molar-refractivity contribution in [1.29, 1.82) is 0 Å². The summed E-state index contributed by atoms with van der Waals surface area (Å²) < 4.78 is 0. The highest BCUT2D eigenvalue weighted by atomic mass is 16.1. The standard InChI is InChI=1S/C6H11NO/c1-5(2)7-4-6(3)8/h4-5H,1-3H3/b7-4+. The Kier molecular flexibility index (Phi) is 3.08. The molecule has 0 aliphatic carbocycles. The molecule has 0 heterocycles. The summed E-state index contributed by atoms with van der Waals surface area (Å²) in [5.74, 6) is 0.0127. The fourth-order valence-electron chi connectivity index (χ4n) is 0.254. The molecule has 0 aromatic heterocycles. The Labute approximate surface area is 49.6 Å². The Hall–Kier alpha value is -0.660. The van der Waals surface area contributed by atoms with Crippen molar-refractivity contribution >= 4 is 12.0 Å². The molecule has 46 valence electrons. The molecule has 0 N–H and O–H groups in total. The minimum Gasteiger partial charge on any atom is -0.293 e. The van der Waals surface area contributed by atoms with Crippen molar-refractivity contribution in [3.05, 3.63) is 0 Å². The molecule has 0 amide bonds. The fraction of sp³-hybridized carbons (Fsp3) is 0.667. The van der Waals surface area contributed by atoms with E-state index in [9.17, 15) is 4.79 Å². The highest BCUT2D eigenvalue weighted by molar-refractivity contribution is 6.26. The molecule has 0 fully saturated rings. The predicted molar refractivity (Wildman–Crippen MR) is 34.3 cm³/mol. The van der Waals surface area contributed by atoms with Crippen LogP contribution in [-0.4, -0.2) is 18.0 Å². The Morgan fingerprint density at radius 2 is 2.12 bits per heavy atom. The van der Waals surface area contributed by atoms with E-state index in [1.807, 2.05) is 13.8 Å². The van der Waals surface area contributed by atoms with Gasteiger partial charge in [-0.25, -0.2) is 0 Å². The van der Waals surface area contributed by atoms with E-state index in [1.165, 1.54) is 13.1 Å². The maximum absolute atomic E-state index is 10.2. The number of rotatable bonds is 2. The number of carbonyl (C=O) groups is 1. The third-order valence-electron chi connectivity index (χ3n) is 0.554. The van der Waals surface area contributed by atoms with Crippen LogP contribution in [0.4, 0.5) is 0 Å². The van der Waals surface area contributed by atoms with Crippen LogP contribution in [0.25, 0.3) is 0 Å². The summed E-state index contributed by atoms with van der Waals surface area (Å²) >= 11 is 0. The third kappa shape index (κ3) is 5.34. The van der Waals surface area contributed by atoms with Gasteiger partial charge in [0.05, 0.1) is 6.21 Å². The van der Waals surface area contributed by atoms with Crippen LogP contribution >= 0.6 is 0 Å². The number of Topliss-reactive ketones (excluding diaryl/α,β-unsaturated/α-hetero) is 1. The van der Waals surface area contributed by atoms with Crippen molar-refractivity contribution in [2.24, 2.45) is 4.99 Å². The van der Waals surface area contributed by atoms with Crippen LogP contribution in [0.1, 0.15) is 20.8 Å². The first-order chi connectivity index (χ1) is 3.63. The smallest absolute Gasteiger partial charge is 0.170 e. The Balaban J connectivity index is 3.50. The fourth-order valence-corrected chi connectivity index (χ4v) is 0.254. The molecule has 0 aliphatic rings. The van der Waals surface area contributed by atoms with E-state index in [0.29, 0.717) is 0 Å². The average molecular weight is 113 g/mol. The van der Waals surface area contributed by atoms with Gasteiger partial charge in [-0.2, -0.15) is 0 Å². The summed E-state index contributed by atoms with van der Waals surface area (Å²) in [6.45, 7) is 5.35. The molecule has 0 saturated heterocycles. The van der Waals surface area contributed by atoms with E-state index < -0.39 is 0 Å². The lowest BCUT2D eigenvalue weighted by Crippen LogP contribution is -1.95. The van der Waals surface area contributed by atoms with Gasteiger partial charge in [-0.15, -0.1) is 0 Å². The average Bonchev–Trinajstić information content (AvgIpc) is 1.61. The van der Waals surface area contributed by atoms with Crippen molar-refractivity contribution < 1.29 is 4.79 Å². The summed E-state index contributed by atoms with van der Waals surface area (Å²) in [6, 6.07) is 0.235. The summed E-state index contributed by atoms with van der Waals surface area (Å²) in [4.78, 5) is 14.0. The third-order valence-corrected chi connectivity index (χ3v) is 0.554. The van der Waals surface area contributed by atoms with Crippen LogP contribution in [0.15, 0.2) is 4.99 Å². The zero-order valence-corrected chi connectivity index (χ0v) is 5.51. The highest BCUT2D eigenvalue weighted by Crippen LogP contribution is 1.81. The van der Waals surface area contributed by atoms with Crippen LogP contribution in [0.2, 0.25) is 0 Å². The van der Waals surface area contributed by atoms with E-state index in [2.05, 4.69) is 4.99 Å². The highest BCUT2D eigenvalue weighted by Gasteiger charge is 1.84. The Bertz CT molecular complexity index is 105. The molecule has 0 saturated carbocycles. The second kappa shape index (κ2) is 3.36. The van der Waals surface area contributed by atoms with Gasteiger partial charge < -0.3 is 0 Å². The molecule has 0 radical (unpaired) electrons. The molecular formula is C6H11NO. The van der Waals surface area contributed by atoms with Crippen LogP contribution in [-0.2, 0) is 4.79 Å². The molecule has 0 aromatic carbocycles. The molecule has 0 bridgehead atoms. The van der Waals surface area contributed by atoms with Gasteiger partial charge in [-0.1, -0.05) is 0 Å². The van der Waals surface area contributed by atoms with Crippen LogP contribution in [0.3, 0.4) is 0 Å². The van der Waals surface area contributed by atoms with Crippen molar-refractivity contribution in [3.63, 3.8) is 0 Å². The van der Waals surface area contributed by atoms with Crippen molar-refractivity contribution in [3.8, 4) is 0 Å². The number of nitrogens with zero attached hydrogens (tertiary/aromatic N) is 1. The molecule has 2 heteroatoms. The quantitative estimate of drug-likeness (QED) is 0.492. The van der Waals surface area contributed by atoms with Crippen LogP contribution < -0.4 is 0 Å². The minimum atomic E-state index is 0.0127. The van der Waals surface area contributed by atoms with E-state index in [4.69, 9.17) is 0 Å². The molecule has 8 heavy (non-hydrogen) atoms. The summed E-state index contributed by atoms with van der Waals surface area (Å²) in [5.41, 5.74) is 0. The first-order valence-corrected chi connectivity index (χ1v) is 2.66. The number of hydrogen-bond acceptors (Lipinski definition) is 2. The van der Waals surface area contributed by atoms with Crippen LogP contribution in [0, 0.1) is 0 Å². The first-order valence-electron chi connectivity index (χ1n) is 2.66. The topological polar surface area (TPSA) is 29.4 Å². The van der Waals surface area contributed by atoms with Crippen molar-refractivity contribution in [1.82, 2.24) is 0 Å². The number of aliphatic imine (C=N–C) groups is 1. The number of hydrogen-bond donors (Lipinski definition) is 0. The van der Waals surface area contributed by atoms with Gasteiger partial charge in [-0.3, -0.25) is 9.79 Å². The zero-order chi connectivity index (χ0) is 6.57. The normalized spacial score (nSPS) is 11.0. The zero-order valence-electron chi connectivity index (χ0n) is 5.51. The van der Waals surface area contributed by atoms with Gasteiger partial charge in [0.1, 0.15) is 0 Å². The molecule has 0 rings (SSSR count). The summed E-state index contributed by atoms with van der Waals surface area (Å²) in [7, 11) is 0. The second-order valence-corrected chi connectivity index (χ2v) is 1.98. The lowest BCUT2D eigenvalue weighted by Gasteiger charge is -1.89. The van der Waals surface area contributed by atoms with E-state index in [1.54, 1.807) is 0 Å². The van der Waals surface area contributed by atoms with Crippen molar-refractivity contribution in [2.45, 2.75) is 26.8 Å². The summed E-state index contributed by atoms with van der Waals surface area (Å²) in [6.07, 6.45) is 1.35. The Morgan fingerprint density at radius 1 is 1.62 bits per heavy atom. The molecule has 0 aromatic rings. The van der Waals surface area contributed by atoms with Crippen LogP contribution in [0.5, 0.6) is 0 Å². The number of ketones is 1. The van der Waals surface area contributed by atoms with Gasteiger partial charge in [-0.05, 0) is 13.8 Å². The van der Waals surface area contributed by atoms with Gasteiger partial charge in [0.15, 0.2) is 5.78 Å².